The Bertz CT molecular complexity index is 573. The zero-order chi connectivity index (χ0) is 12.7. The van der Waals surface area contributed by atoms with Crippen molar-refractivity contribution >= 4 is 5.69 Å². The highest BCUT2D eigenvalue weighted by molar-refractivity contribution is 5.61. The van der Waals surface area contributed by atoms with Gasteiger partial charge < -0.3 is 5.32 Å². The summed E-state index contributed by atoms with van der Waals surface area (Å²) in [5, 5.41) is 3.48. The summed E-state index contributed by atoms with van der Waals surface area (Å²) < 4.78 is 13.2. The minimum Gasteiger partial charge on any atom is -0.378 e. The molecule has 0 amide bonds. The smallest absolute Gasteiger partial charge is 0.123 e. The molecule has 0 saturated heterocycles. The van der Waals surface area contributed by atoms with Crippen LogP contribution in [0.4, 0.5) is 10.1 Å². The highest BCUT2D eigenvalue weighted by atomic mass is 19.1. The Morgan fingerprint density at radius 2 is 1.89 bits per heavy atom. The molecule has 1 heterocycles. The van der Waals surface area contributed by atoms with E-state index in [0.29, 0.717) is 0 Å². The normalized spacial score (nSPS) is 17.4. The zero-order valence-corrected chi connectivity index (χ0v) is 10.6. The molecule has 1 N–H and O–H groups in total. The van der Waals surface area contributed by atoms with Gasteiger partial charge in [0.15, 0.2) is 0 Å². The lowest BCUT2D eigenvalue weighted by Crippen LogP contribution is -2.05. The fourth-order valence-electron chi connectivity index (χ4n) is 2.56. The summed E-state index contributed by atoms with van der Waals surface area (Å²) in [6, 6.07) is 11.5. The second-order valence-corrected chi connectivity index (χ2v) is 5.05. The summed E-state index contributed by atoms with van der Waals surface area (Å²) in [7, 11) is 0. The van der Waals surface area contributed by atoms with Gasteiger partial charge in [0.1, 0.15) is 5.82 Å². The Kier molecular flexibility index (Phi) is 2.58. The van der Waals surface area contributed by atoms with Crippen molar-refractivity contribution in [1.82, 2.24) is 0 Å². The second-order valence-electron chi connectivity index (χ2n) is 5.05. The quantitative estimate of drug-likeness (QED) is 0.790. The van der Waals surface area contributed by atoms with E-state index in [9.17, 15) is 4.39 Å². The van der Waals surface area contributed by atoms with Gasteiger partial charge in [0.2, 0.25) is 0 Å². The highest BCUT2D eigenvalue weighted by Gasteiger charge is 2.22. The van der Waals surface area contributed by atoms with Gasteiger partial charge in [-0.2, -0.15) is 0 Å². The molecule has 0 radical (unpaired) electrons. The molecule has 2 heteroatoms. The third-order valence-corrected chi connectivity index (χ3v) is 3.72. The summed E-state index contributed by atoms with van der Waals surface area (Å²) in [5.41, 5.74) is 6.14. The van der Waals surface area contributed by atoms with Gasteiger partial charge >= 0.3 is 0 Å². The van der Waals surface area contributed by atoms with Gasteiger partial charge in [-0.3, -0.25) is 0 Å². The van der Waals surface area contributed by atoms with Crippen LogP contribution in [0, 0.1) is 19.7 Å². The largest absolute Gasteiger partial charge is 0.378 e. The van der Waals surface area contributed by atoms with Crippen molar-refractivity contribution in [2.75, 3.05) is 5.32 Å². The fourth-order valence-corrected chi connectivity index (χ4v) is 2.56. The fraction of sp³-hybridized carbons (Fsp3) is 0.250. The third kappa shape index (κ3) is 1.88. The van der Waals surface area contributed by atoms with E-state index in [4.69, 9.17) is 0 Å². The molecule has 0 aromatic heterocycles. The molecule has 18 heavy (non-hydrogen) atoms. The first-order chi connectivity index (χ1) is 8.63. The van der Waals surface area contributed by atoms with E-state index in [-0.39, 0.29) is 11.9 Å². The van der Waals surface area contributed by atoms with Crippen LogP contribution in [0.15, 0.2) is 36.4 Å². The van der Waals surface area contributed by atoms with Crippen molar-refractivity contribution in [3.8, 4) is 0 Å². The van der Waals surface area contributed by atoms with E-state index in [2.05, 4.69) is 31.3 Å². The van der Waals surface area contributed by atoms with Crippen LogP contribution in [0.25, 0.3) is 0 Å². The van der Waals surface area contributed by atoms with E-state index in [0.717, 1.165) is 12.0 Å². The van der Waals surface area contributed by atoms with Crippen molar-refractivity contribution in [3.05, 3.63) is 64.5 Å². The maximum absolute atomic E-state index is 13.2. The predicted octanol–water partition coefficient (Wildman–Crippen LogP) is 4.15. The number of benzene rings is 2. The monoisotopic (exact) mass is 241 g/mol. The molecule has 1 aliphatic heterocycles. The topological polar surface area (TPSA) is 12.0 Å². The molecule has 1 unspecified atom stereocenters. The Labute approximate surface area is 107 Å². The van der Waals surface area contributed by atoms with E-state index < -0.39 is 0 Å². The van der Waals surface area contributed by atoms with E-state index >= 15 is 0 Å². The maximum Gasteiger partial charge on any atom is 0.123 e. The molecule has 1 nitrogen and oxygen atoms in total. The number of hydrogen-bond donors (Lipinski definition) is 1. The summed E-state index contributed by atoms with van der Waals surface area (Å²) in [5.74, 6) is -0.169. The van der Waals surface area contributed by atoms with Crippen molar-refractivity contribution in [2.24, 2.45) is 0 Å². The summed E-state index contributed by atoms with van der Waals surface area (Å²) >= 11 is 0. The Morgan fingerprint density at radius 1 is 1.11 bits per heavy atom. The molecule has 1 atom stereocenters. The van der Waals surface area contributed by atoms with E-state index in [1.165, 1.54) is 28.4 Å². The van der Waals surface area contributed by atoms with Gasteiger partial charge in [-0.1, -0.05) is 18.2 Å². The van der Waals surface area contributed by atoms with Gasteiger partial charge in [0.25, 0.3) is 0 Å². The van der Waals surface area contributed by atoms with Crippen molar-refractivity contribution in [2.45, 2.75) is 26.3 Å². The average Bonchev–Trinajstić information content (AvgIpc) is 2.73. The number of nitrogens with one attached hydrogen (secondary N) is 1. The number of aryl methyl sites for hydroxylation is 2. The van der Waals surface area contributed by atoms with E-state index in [1.807, 2.05) is 6.07 Å². The molecule has 0 spiro atoms. The highest BCUT2D eigenvalue weighted by Crippen LogP contribution is 2.35. The number of rotatable bonds is 1. The second kappa shape index (κ2) is 4.13. The minimum atomic E-state index is -0.169. The minimum absolute atomic E-state index is 0.169. The Balaban J connectivity index is 1.93. The number of halogens is 1. The van der Waals surface area contributed by atoms with Crippen LogP contribution in [0.5, 0.6) is 0 Å². The Morgan fingerprint density at radius 3 is 2.67 bits per heavy atom. The molecular formula is C16H16FN. The number of anilines is 1. The lowest BCUT2D eigenvalue weighted by molar-refractivity contribution is 0.623. The van der Waals surface area contributed by atoms with Gasteiger partial charge in [-0.25, -0.2) is 4.39 Å². The molecule has 2 aromatic rings. The molecule has 2 aromatic carbocycles. The molecular weight excluding hydrogens is 225 g/mol. The molecule has 1 aliphatic rings. The SMILES string of the molecule is Cc1cc2c(cc1C)NC(c1cccc(F)c1)C2. The molecule has 92 valence electrons. The van der Waals surface area contributed by atoms with Crippen LogP contribution in [-0.2, 0) is 6.42 Å². The lowest BCUT2D eigenvalue weighted by Gasteiger charge is -2.11. The maximum atomic E-state index is 13.2. The van der Waals surface area contributed by atoms with Crippen molar-refractivity contribution < 1.29 is 4.39 Å². The molecule has 0 aliphatic carbocycles. The van der Waals surface area contributed by atoms with Crippen LogP contribution in [0.3, 0.4) is 0 Å². The first kappa shape index (κ1) is 11.3. The van der Waals surface area contributed by atoms with Crippen LogP contribution in [-0.4, -0.2) is 0 Å². The number of fused-ring (bicyclic) bond motifs is 1. The third-order valence-electron chi connectivity index (χ3n) is 3.72. The molecule has 0 fully saturated rings. The molecule has 0 bridgehead atoms. The van der Waals surface area contributed by atoms with Gasteiger partial charge in [0, 0.05) is 5.69 Å². The molecule has 0 saturated carbocycles. The average molecular weight is 241 g/mol. The van der Waals surface area contributed by atoms with E-state index in [1.54, 1.807) is 12.1 Å². The van der Waals surface area contributed by atoms with Gasteiger partial charge in [-0.05, 0) is 60.7 Å². The first-order valence-electron chi connectivity index (χ1n) is 6.25. The van der Waals surface area contributed by atoms with Crippen LogP contribution < -0.4 is 5.32 Å². The summed E-state index contributed by atoms with van der Waals surface area (Å²) in [6.45, 7) is 4.25. The van der Waals surface area contributed by atoms with Crippen molar-refractivity contribution in [1.29, 1.82) is 0 Å². The van der Waals surface area contributed by atoms with Crippen LogP contribution in [0.1, 0.15) is 28.3 Å². The van der Waals surface area contributed by atoms with Crippen LogP contribution in [0.2, 0.25) is 0 Å². The summed E-state index contributed by atoms with van der Waals surface area (Å²) in [4.78, 5) is 0. The zero-order valence-electron chi connectivity index (χ0n) is 10.6. The molecule has 3 rings (SSSR count). The predicted molar refractivity (Wildman–Crippen MR) is 72.4 cm³/mol. The summed E-state index contributed by atoms with van der Waals surface area (Å²) in [6.07, 6.45) is 0.930. The lowest BCUT2D eigenvalue weighted by atomic mass is 10.0. The van der Waals surface area contributed by atoms with Crippen molar-refractivity contribution in [3.63, 3.8) is 0 Å². The standard InChI is InChI=1S/C16H16FN/c1-10-6-13-9-16(18-15(13)7-11(10)2)12-4-3-5-14(17)8-12/h3-8,16,18H,9H2,1-2H3. The van der Waals surface area contributed by atoms with Gasteiger partial charge in [0.05, 0.1) is 6.04 Å². The Hall–Kier alpha value is -1.83. The first-order valence-corrected chi connectivity index (χ1v) is 6.25. The van der Waals surface area contributed by atoms with Crippen LogP contribution >= 0.6 is 0 Å². The van der Waals surface area contributed by atoms with Gasteiger partial charge in [-0.15, -0.1) is 0 Å². The number of hydrogen-bond acceptors (Lipinski definition) is 1.